The van der Waals surface area contributed by atoms with Gasteiger partial charge < -0.3 is 15.4 Å². The third-order valence-electron chi connectivity index (χ3n) is 4.07. The average molecular weight is 354 g/mol. The number of nitrogens with one attached hydrogen (secondary N) is 2. The van der Waals surface area contributed by atoms with Gasteiger partial charge in [0.15, 0.2) is 0 Å². The van der Waals surface area contributed by atoms with Gasteiger partial charge in [0.25, 0.3) is 5.91 Å². The van der Waals surface area contributed by atoms with Crippen LogP contribution in [0.5, 0.6) is 5.75 Å². The molecule has 0 bridgehead atoms. The van der Waals surface area contributed by atoms with E-state index in [0.29, 0.717) is 23.6 Å². The molecule has 0 unspecified atom stereocenters. The molecule has 5 nitrogen and oxygen atoms in total. The van der Waals surface area contributed by atoms with Crippen LogP contribution in [0.4, 0.5) is 5.69 Å². The second kappa shape index (κ2) is 9.04. The lowest BCUT2D eigenvalue weighted by Crippen LogP contribution is -2.47. The summed E-state index contributed by atoms with van der Waals surface area (Å²) < 4.78 is 5.54. The Labute approximate surface area is 154 Å². The Kier molecular flexibility index (Phi) is 6.78. The molecule has 0 radical (unpaired) electrons. The third-order valence-corrected chi connectivity index (χ3v) is 4.07. The van der Waals surface area contributed by atoms with E-state index < -0.39 is 6.04 Å². The van der Waals surface area contributed by atoms with Crippen LogP contribution in [0.25, 0.3) is 0 Å². The van der Waals surface area contributed by atoms with Crippen molar-refractivity contribution in [3.8, 4) is 5.75 Å². The predicted octanol–water partition coefficient (Wildman–Crippen LogP) is 3.79. The summed E-state index contributed by atoms with van der Waals surface area (Å²) in [7, 11) is 0. The van der Waals surface area contributed by atoms with Crippen molar-refractivity contribution in [2.45, 2.75) is 33.7 Å². The molecule has 0 saturated heterocycles. The minimum atomic E-state index is -0.656. The van der Waals surface area contributed by atoms with Gasteiger partial charge in [-0.15, -0.1) is 0 Å². The van der Waals surface area contributed by atoms with Gasteiger partial charge in [0.1, 0.15) is 11.8 Å². The first kappa shape index (κ1) is 19.5. The minimum Gasteiger partial charge on any atom is -0.492 e. The van der Waals surface area contributed by atoms with E-state index in [2.05, 4.69) is 10.6 Å². The fourth-order valence-electron chi connectivity index (χ4n) is 2.64. The van der Waals surface area contributed by atoms with Crippen LogP contribution in [0.1, 0.15) is 36.7 Å². The molecule has 138 valence electrons. The standard InChI is InChI=1S/C21H26N2O3/c1-5-26-18-13-9-8-12-17(18)22-21(25)19(14(2)3)23-20(24)16-11-7-6-10-15(16)4/h6-14,19H,5H2,1-4H3,(H,22,25)(H,23,24)/t19-/m0/s1. The number of amides is 2. The molecule has 2 aromatic carbocycles. The van der Waals surface area contributed by atoms with E-state index >= 15 is 0 Å². The number of anilines is 1. The molecule has 0 fully saturated rings. The second-order valence-electron chi connectivity index (χ2n) is 6.43. The Bertz CT molecular complexity index is 771. The topological polar surface area (TPSA) is 67.4 Å². The molecule has 0 aliphatic heterocycles. The number of rotatable bonds is 7. The van der Waals surface area contributed by atoms with E-state index in [1.807, 2.05) is 58.0 Å². The van der Waals surface area contributed by atoms with Gasteiger partial charge in [-0.25, -0.2) is 0 Å². The van der Waals surface area contributed by atoms with Crippen LogP contribution in [0.2, 0.25) is 0 Å². The number of carbonyl (C=O) groups excluding carboxylic acids is 2. The molecule has 2 aromatic rings. The Morgan fingerprint density at radius 3 is 2.35 bits per heavy atom. The van der Waals surface area contributed by atoms with Crippen molar-refractivity contribution in [3.63, 3.8) is 0 Å². The molecular formula is C21H26N2O3. The van der Waals surface area contributed by atoms with Gasteiger partial charge in [-0.2, -0.15) is 0 Å². The van der Waals surface area contributed by atoms with Crippen molar-refractivity contribution in [2.75, 3.05) is 11.9 Å². The van der Waals surface area contributed by atoms with Crippen LogP contribution in [0, 0.1) is 12.8 Å². The molecule has 0 heterocycles. The highest BCUT2D eigenvalue weighted by Crippen LogP contribution is 2.24. The first-order valence-corrected chi connectivity index (χ1v) is 8.83. The van der Waals surface area contributed by atoms with Crippen molar-refractivity contribution < 1.29 is 14.3 Å². The van der Waals surface area contributed by atoms with Crippen LogP contribution in [-0.4, -0.2) is 24.5 Å². The van der Waals surface area contributed by atoms with Crippen LogP contribution < -0.4 is 15.4 Å². The zero-order valence-electron chi connectivity index (χ0n) is 15.7. The van der Waals surface area contributed by atoms with Gasteiger partial charge in [-0.05, 0) is 43.5 Å². The summed E-state index contributed by atoms with van der Waals surface area (Å²) >= 11 is 0. The molecule has 26 heavy (non-hydrogen) atoms. The first-order chi connectivity index (χ1) is 12.4. The zero-order valence-corrected chi connectivity index (χ0v) is 15.7. The Morgan fingerprint density at radius 1 is 1.04 bits per heavy atom. The van der Waals surface area contributed by atoms with Crippen molar-refractivity contribution in [1.29, 1.82) is 0 Å². The molecule has 1 atom stereocenters. The molecule has 2 amide bonds. The van der Waals surface area contributed by atoms with Crippen LogP contribution >= 0.6 is 0 Å². The number of benzene rings is 2. The lowest BCUT2D eigenvalue weighted by Gasteiger charge is -2.23. The minimum absolute atomic E-state index is 0.0674. The second-order valence-corrected chi connectivity index (χ2v) is 6.43. The molecule has 0 saturated carbocycles. The molecule has 5 heteroatoms. The molecule has 0 spiro atoms. The van der Waals surface area contributed by atoms with Crippen LogP contribution in [0.3, 0.4) is 0 Å². The summed E-state index contributed by atoms with van der Waals surface area (Å²) in [5, 5.41) is 5.72. The molecule has 2 rings (SSSR count). The molecule has 0 aliphatic carbocycles. The first-order valence-electron chi connectivity index (χ1n) is 8.83. The Balaban J connectivity index is 2.16. The largest absolute Gasteiger partial charge is 0.492 e. The van der Waals surface area contributed by atoms with Crippen LogP contribution in [0.15, 0.2) is 48.5 Å². The highest BCUT2D eigenvalue weighted by molar-refractivity contribution is 6.02. The summed E-state index contributed by atoms with van der Waals surface area (Å²) in [4.78, 5) is 25.4. The maximum Gasteiger partial charge on any atom is 0.252 e. The summed E-state index contributed by atoms with van der Waals surface area (Å²) in [6.45, 7) is 8.06. The van der Waals surface area contributed by atoms with Gasteiger partial charge in [0.05, 0.1) is 12.3 Å². The van der Waals surface area contributed by atoms with Gasteiger partial charge >= 0.3 is 0 Å². The molecule has 2 N–H and O–H groups in total. The monoisotopic (exact) mass is 354 g/mol. The quantitative estimate of drug-likeness (QED) is 0.795. The summed E-state index contributed by atoms with van der Waals surface area (Å²) in [6, 6.07) is 13.9. The number of carbonyl (C=O) groups is 2. The highest BCUT2D eigenvalue weighted by atomic mass is 16.5. The number of ether oxygens (including phenoxy) is 1. The van der Waals surface area contributed by atoms with E-state index in [9.17, 15) is 9.59 Å². The zero-order chi connectivity index (χ0) is 19.1. The number of hydrogen-bond acceptors (Lipinski definition) is 3. The molecule has 0 aromatic heterocycles. The fraction of sp³-hybridized carbons (Fsp3) is 0.333. The summed E-state index contributed by atoms with van der Waals surface area (Å²) in [6.07, 6.45) is 0. The Hall–Kier alpha value is -2.82. The average Bonchev–Trinajstić information content (AvgIpc) is 2.61. The summed E-state index contributed by atoms with van der Waals surface area (Å²) in [5.41, 5.74) is 2.03. The molecule has 0 aliphatic rings. The molecular weight excluding hydrogens is 328 g/mol. The lowest BCUT2D eigenvalue weighted by atomic mass is 10.0. The van der Waals surface area contributed by atoms with E-state index in [1.165, 1.54) is 0 Å². The van der Waals surface area contributed by atoms with E-state index in [0.717, 1.165) is 5.56 Å². The van der Waals surface area contributed by atoms with Crippen molar-refractivity contribution in [1.82, 2.24) is 5.32 Å². The van der Waals surface area contributed by atoms with Crippen LogP contribution in [-0.2, 0) is 4.79 Å². The van der Waals surface area contributed by atoms with Gasteiger partial charge in [0.2, 0.25) is 5.91 Å². The lowest BCUT2D eigenvalue weighted by molar-refractivity contribution is -0.118. The van der Waals surface area contributed by atoms with Crippen molar-refractivity contribution >= 4 is 17.5 Å². The van der Waals surface area contributed by atoms with Gasteiger partial charge in [0, 0.05) is 5.56 Å². The fourth-order valence-corrected chi connectivity index (χ4v) is 2.64. The van der Waals surface area contributed by atoms with Crippen molar-refractivity contribution in [2.24, 2.45) is 5.92 Å². The highest BCUT2D eigenvalue weighted by Gasteiger charge is 2.25. The number of aryl methyl sites for hydroxylation is 1. The maximum atomic E-state index is 12.8. The maximum absolute atomic E-state index is 12.8. The van der Waals surface area contributed by atoms with Crippen molar-refractivity contribution in [3.05, 3.63) is 59.7 Å². The smallest absolute Gasteiger partial charge is 0.252 e. The predicted molar refractivity (Wildman–Crippen MR) is 104 cm³/mol. The van der Waals surface area contributed by atoms with E-state index in [-0.39, 0.29) is 17.7 Å². The third kappa shape index (κ3) is 4.85. The summed E-state index contributed by atoms with van der Waals surface area (Å²) in [5.74, 6) is 0.0161. The Morgan fingerprint density at radius 2 is 1.69 bits per heavy atom. The number of hydrogen-bond donors (Lipinski definition) is 2. The normalized spacial score (nSPS) is 11.7. The van der Waals surface area contributed by atoms with Gasteiger partial charge in [-0.3, -0.25) is 9.59 Å². The van der Waals surface area contributed by atoms with Gasteiger partial charge in [-0.1, -0.05) is 44.2 Å². The SMILES string of the molecule is CCOc1ccccc1NC(=O)[C@@H](NC(=O)c1ccccc1C)C(C)C. The van der Waals surface area contributed by atoms with E-state index in [4.69, 9.17) is 4.74 Å². The van der Waals surface area contributed by atoms with E-state index in [1.54, 1.807) is 18.2 Å². The number of para-hydroxylation sites is 2.